The molecule has 0 unspecified atom stereocenters. The van der Waals surface area contributed by atoms with Crippen molar-refractivity contribution >= 4 is 5.97 Å². The van der Waals surface area contributed by atoms with Crippen LogP contribution in [0.1, 0.15) is 26.2 Å². The lowest BCUT2D eigenvalue weighted by Crippen LogP contribution is -2.28. The van der Waals surface area contributed by atoms with E-state index < -0.39 is 0 Å². The maximum atomic E-state index is 11.3. The number of methoxy groups -OCH3 is 1. The molecule has 0 bridgehead atoms. The molecule has 1 N–H and O–H groups in total. The summed E-state index contributed by atoms with van der Waals surface area (Å²) in [5.41, 5.74) is 0.889. The minimum Gasteiger partial charge on any atom is -0.463 e. The van der Waals surface area contributed by atoms with E-state index in [9.17, 15) is 4.79 Å². The molecule has 4 nitrogen and oxygen atoms in total. The van der Waals surface area contributed by atoms with E-state index >= 15 is 0 Å². The summed E-state index contributed by atoms with van der Waals surface area (Å²) < 4.78 is 9.96. The highest BCUT2D eigenvalue weighted by Gasteiger charge is 2.41. The Hall–Kier alpha value is -0.870. The maximum Gasteiger partial charge on any atom is 0.334 e. The van der Waals surface area contributed by atoms with Gasteiger partial charge in [-0.05, 0) is 31.6 Å². The summed E-state index contributed by atoms with van der Waals surface area (Å²) >= 11 is 0. The van der Waals surface area contributed by atoms with E-state index in [2.05, 4.69) is 11.9 Å². The van der Waals surface area contributed by atoms with Crippen molar-refractivity contribution in [3.8, 4) is 0 Å². The van der Waals surface area contributed by atoms with Crippen LogP contribution in [0.4, 0.5) is 0 Å². The third-order valence-corrected chi connectivity index (χ3v) is 3.20. The zero-order valence-corrected chi connectivity index (χ0v) is 10.9. The molecule has 98 valence electrons. The van der Waals surface area contributed by atoms with E-state index in [-0.39, 0.29) is 5.97 Å². The predicted molar refractivity (Wildman–Crippen MR) is 66.8 cm³/mol. The average Bonchev–Trinajstić information content (AvgIpc) is 3.07. The largest absolute Gasteiger partial charge is 0.463 e. The van der Waals surface area contributed by atoms with Crippen LogP contribution in [0.25, 0.3) is 0 Å². The smallest absolute Gasteiger partial charge is 0.334 e. The molecule has 0 aromatic heterocycles. The van der Waals surface area contributed by atoms with Crippen molar-refractivity contribution in [2.75, 3.05) is 33.4 Å². The fraction of sp³-hybridized carbons (Fsp3) is 0.769. The number of hydrogen-bond acceptors (Lipinski definition) is 4. The summed E-state index contributed by atoms with van der Waals surface area (Å²) in [7, 11) is 1.73. The Morgan fingerprint density at radius 2 is 2.18 bits per heavy atom. The van der Waals surface area contributed by atoms with Gasteiger partial charge in [0.15, 0.2) is 0 Å². The van der Waals surface area contributed by atoms with Crippen molar-refractivity contribution in [1.29, 1.82) is 0 Å². The van der Waals surface area contributed by atoms with Gasteiger partial charge in [-0.25, -0.2) is 4.79 Å². The minimum absolute atomic E-state index is 0.304. The van der Waals surface area contributed by atoms with Crippen molar-refractivity contribution in [2.24, 2.45) is 5.41 Å². The Balaban J connectivity index is 2.15. The number of hydrogen-bond donors (Lipinski definition) is 1. The zero-order chi connectivity index (χ0) is 12.7. The molecule has 0 heterocycles. The van der Waals surface area contributed by atoms with Crippen molar-refractivity contribution in [3.63, 3.8) is 0 Å². The summed E-state index contributed by atoms with van der Waals surface area (Å²) in [6, 6.07) is 0. The molecular formula is C13H23NO3. The van der Waals surface area contributed by atoms with Gasteiger partial charge in [0.25, 0.3) is 0 Å². The molecule has 0 radical (unpaired) electrons. The zero-order valence-electron chi connectivity index (χ0n) is 10.9. The fourth-order valence-corrected chi connectivity index (χ4v) is 1.79. The van der Waals surface area contributed by atoms with Gasteiger partial charge in [-0.15, -0.1) is 0 Å². The second kappa shape index (κ2) is 6.77. The van der Waals surface area contributed by atoms with Gasteiger partial charge >= 0.3 is 5.97 Å². The van der Waals surface area contributed by atoms with Crippen LogP contribution < -0.4 is 5.32 Å². The first-order valence-corrected chi connectivity index (χ1v) is 6.18. The van der Waals surface area contributed by atoms with E-state index in [0.29, 0.717) is 24.1 Å². The van der Waals surface area contributed by atoms with Crippen molar-refractivity contribution in [2.45, 2.75) is 26.2 Å². The quantitative estimate of drug-likeness (QED) is 0.491. The molecule has 1 fully saturated rings. The summed E-state index contributed by atoms with van der Waals surface area (Å²) in [6.07, 6.45) is 3.58. The standard InChI is InChI=1S/C13H23NO3/c1-4-17-12(15)11(2)9-14-10-13(5-6-13)7-8-16-3/h14H,2,4-10H2,1,3H3. The molecule has 1 aliphatic carbocycles. The number of ether oxygens (including phenoxy) is 2. The normalized spacial score (nSPS) is 16.6. The van der Waals surface area contributed by atoms with E-state index in [1.165, 1.54) is 12.8 Å². The Morgan fingerprint density at radius 3 is 2.71 bits per heavy atom. The third-order valence-electron chi connectivity index (χ3n) is 3.20. The van der Waals surface area contributed by atoms with E-state index in [1.54, 1.807) is 14.0 Å². The lowest BCUT2D eigenvalue weighted by atomic mass is 10.0. The number of carbonyl (C=O) groups is 1. The van der Waals surface area contributed by atoms with Crippen LogP contribution in [0.2, 0.25) is 0 Å². The van der Waals surface area contributed by atoms with E-state index in [1.807, 2.05) is 0 Å². The number of rotatable bonds is 9. The molecule has 0 aliphatic heterocycles. The van der Waals surface area contributed by atoms with Gasteiger partial charge in [0.1, 0.15) is 0 Å². The second-order valence-corrected chi connectivity index (χ2v) is 4.67. The van der Waals surface area contributed by atoms with Gasteiger partial charge in [0, 0.05) is 32.4 Å². The van der Waals surface area contributed by atoms with Crippen LogP contribution in [0.15, 0.2) is 12.2 Å². The summed E-state index contributed by atoms with van der Waals surface area (Å²) in [5.74, 6) is -0.304. The SMILES string of the molecule is C=C(CNCC1(CCOC)CC1)C(=O)OCC. The topological polar surface area (TPSA) is 47.6 Å². The maximum absolute atomic E-state index is 11.3. The Morgan fingerprint density at radius 1 is 1.47 bits per heavy atom. The Kier molecular flexibility index (Phi) is 5.65. The minimum atomic E-state index is -0.304. The molecule has 1 aliphatic rings. The van der Waals surface area contributed by atoms with Gasteiger partial charge in [0.05, 0.1) is 6.61 Å². The summed E-state index contributed by atoms with van der Waals surface area (Å²) in [4.78, 5) is 11.3. The lowest BCUT2D eigenvalue weighted by molar-refractivity contribution is -0.138. The first-order chi connectivity index (χ1) is 8.13. The van der Waals surface area contributed by atoms with Gasteiger partial charge < -0.3 is 14.8 Å². The third kappa shape index (κ3) is 4.88. The molecule has 4 heteroatoms. The highest BCUT2D eigenvalue weighted by Crippen LogP contribution is 2.48. The van der Waals surface area contributed by atoms with Crippen LogP contribution >= 0.6 is 0 Å². The van der Waals surface area contributed by atoms with Crippen LogP contribution in [-0.2, 0) is 14.3 Å². The van der Waals surface area contributed by atoms with Gasteiger partial charge in [-0.1, -0.05) is 6.58 Å². The van der Waals surface area contributed by atoms with Crippen LogP contribution in [-0.4, -0.2) is 39.4 Å². The summed E-state index contributed by atoms with van der Waals surface area (Å²) in [6.45, 7) is 8.15. The van der Waals surface area contributed by atoms with Crippen molar-refractivity contribution < 1.29 is 14.3 Å². The van der Waals surface area contributed by atoms with Gasteiger partial charge in [0.2, 0.25) is 0 Å². The number of carbonyl (C=O) groups excluding carboxylic acids is 1. The highest BCUT2D eigenvalue weighted by molar-refractivity contribution is 5.88. The van der Waals surface area contributed by atoms with Crippen molar-refractivity contribution in [1.82, 2.24) is 5.32 Å². The Labute approximate surface area is 103 Å². The molecule has 0 aromatic carbocycles. The number of esters is 1. The molecule has 0 atom stereocenters. The van der Waals surface area contributed by atoms with Crippen LogP contribution in [0, 0.1) is 5.41 Å². The predicted octanol–water partition coefficient (Wildman–Crippen LogP) is 1.51. The first kappa shape index (κ1) is 14.2. The second-order valence-electron chi connectivity index (χ2n) is 4.67. The number of nitrogens with one attached hydrogen (secondary N) is 1. The lowest BCUT2D eigenvalue weighted by Gasteiger charge is -2.15. The molecule has 0 amide bonds. The Bertz CT molecular complexity index is 272. The van der Waals surface area contributed by atoms with Gasteiger partial charge in [-0.3, -0.25) is 0 Å². The van der Waals surface area contributed by atoms with E-state index in [0.717, 1.165) is 19.6 Å². The van der Waals surface area contributed by atoms with Gasteiger partial charge in [-0.2, -0.15) is 0 Å². The average molecular weight is 241 g/mol. The molecule has 0 spiro atoms. The van der Waals surface area contributed by atoms with Crippen LogP contribution in [0.5, 0.6) is 0 Å². The molecule has 1 rings (SSSR count). The molecule has 0 aromatic rings. The van der Waals surface area contributed by atoms with E-state index in [4.69, 9.17) is 9.47 Å². The first-order valence-electron chi connectivity index (χ1n) is 6.18. The molecular weight excluding hydrogens is 218 g/mol. The summed E-state index contributed by atoms with van der Waals surface area (Å²) in [5, 5.41) is 3.28. The fourth-order valence-electron chi connectivity index (χ4n) is 1.79. The molecule has 17 heavy (non-hydrogen) atoms. The highest BCUT2D eigenvalue weighted by atomic mass is 16.5. The molecule has 1 saturated carbocycles. The van der Waals surface area contributed by atoms with Crippen molar-refractivity contribution in [3.05, 3.63) is 12.2 Å². The monoisotopic (exact) mass is 241 g/mol. The van der Waals surface area contributed by atoms with Crippen LogP contribution in [0.3, 0.4) is 0 Å². The molecule has 0 saturated heterocycles.